The molecule has 1 atom stereocenters. The molecule has 1 rings (SSSR count). The summed E-state index contributed by atoms with van der Waals surface area (Å²) in [6.07, 6.45) is 0.530. The number of carbonyl (C=O) groups excluding carboxylic acids is 1. The van der Waals surface area contributed by atoms with Crippen LogP contribution in [0.5, 0.6) is 0 Å². The molecule has 1 amide bonds. The summed E-state index contributed by atoms with van der Waals surface area (Å²) in [6.45, 7) is 1.78. The molecule has 5 nitrogen and oxygen atoms in total. The molecular weight excluding hydrogens is 122 g/mol. The van der Waals surface area contributed by atoms with E-state index in [4.69, 9.17) is 0 Å². The summed E-state index contributed by atoms with van der Waals surface area (Å²) in [5.74, 6) is -0.257. The van der Waals surface area contributed by atoms with E-state index in [1.807, 2.05) is 0 Å². The first-order chi connectivity index (χ1) is 4.25. The van der Waals surface area contributed by atoms with Gasteiger partial charge in [0, 0.05) is 6.42 Å². The van der Waals surface area contributed by atoms with Crippen molar-refractivity contribution in [3.8, 4) is 0 Å². The number of carbonyl (C=O) groups is 1. The SMILES string of the molecule is CCC1C(=O)NN[N+]1=O. The smallest absolute Gasteiger partial charge is 0.265 e. The van der Waals surface area contributed by atoms with Crippen molar-refractivity contribution in [2.45, 2.75) is 19.4 Å². The molecule has 0 bridgehead atoms. The molecule has 1 heterocycles. The molecule has 0 saturated carbocycles. The van der Waals surface area contributed by atoms with Crippen LogP contribution in [-0.4, -0.2) is 16.8 Å². The highest BCUT2D eigenvalue weighted by Gasteiger charge is 2.39. The van der Waals surface area contributed by atoms with Gasteiger partial charge in [0.15, 0.2) is 0 Å². The number of amides is 1. The van der Waals surface area contributed by atoms with E-state index in [-0.39, 0.29) is 5.91 Å². The lowest BCUT2D eigenvalue weighted by molar-refractivity contribution is -0.618. The molecule has 0 aromatic carbocycles. The number of nitroso groups, excluding NO2 is 1. The number of hydrogen-bond donors (Lipinski definition) is 2. The Morgan fingerprint density at radius 2 is 2.44 bits per heavy atom. The Kier molecular flexibility index (Phi) is 1.33. The van der Waals surface area contributed by atoms with Gasteiger partial charge in [0.05, 0.1) is 4.91 Å². The Hall–Kier alpha value is -1.13. The van der Waals surface area contributed by atoms with Gasteiger partial charge in [-0.15, -0.1) is 0 Å². The van der Waals surface area contributed by atoms with E-state index >= 15 is 0 Å². The molecule has 9 heavy (non-hydrogen) atoms. The second-order valence-electron chi connectivity index (χ2n) is 1.85. The average molecular weight is 130 g/mol. The van der Waals surface area contributed by atoms with Gasteiger partial charge in [0.1, 0.15) is 4.87 Å². The normalized spacial score (nSPS) is 25.7. The zero-order valence-electron chi connectivity index (χ0n) is 5.05. The van der Waals surface area contributed by atoms with Crippen LogP contribution in [0.1, 0.15) is 13.3 Å². The van der Waals surface area contributed by atoms with Crippen LogP contribution in [0.4, 0.5) is 0 Å². The fourth-order valence-electron chi connectivity index (χ4n) is 0.729. The minimum absolute atomic E-state index is 0.257. The number of rotatable bonds is 1. The van der Waals surface area contributed by atoms with Crippen LogP contribution in [0.15, 0.2) is 0 Å². The van der Waals surface area contributed by atoms with E-state index in [1.54, 1.807) is 6.92 Å². The predicted molar refractivity (Wildman–Crippen MR) is 29.0 cm³/mol. The Labute approximate surface area is 51.9 Å². The Morgan fingerprint density at radius 1 is 1.78 bits per heavy atom. The molecule has 1 saturated heterocycles. The van der Waals surface area contributed by atoms with Crippen molar-refractivity contribution in [3.63, 3.8) is 0 Å². The maximum Gasteiger partial charge on any atom is 0.319 e. The number of nitrogens with one attached hydrogen (secondary N) is 2. The van der Waals surface area contributed by atoms with Gasteiger partial charge >= 0.3 is 11.9 Å². The van der Waals surface area contributed by atoms with Crippen molar-refractivity contribution in [2.75, 3.05) is 0 Å². The zero-order chi connectivity index (χ0) is 6.85. The molecule has 1 aliphatic rings. The quantitative estimate of drug-likeness (QED) is 0.452. The largest absolute Gasteiger partial charge is 0.319 e. The number of hydrogen-bond acceptors (Lipinski definition) is 2. The van der Waals surface area contributed by atoms with Gasteiger partial charge in [-0.1, -0.05) is 12.5 Å². The maximum absolute atomic E-state index is 10.6. The summed E-state index contributed by atoms with van der Waals surface area (Å²) in [4.78, 5) is 21.7. The van der Waals surface area contributed by atoms with Gasteiger partial charge in [-0.2, -0.15) is 0 Å². The van der Waals surface area contributed by atoms with Gasteiger partial charge in [0.2, 0.25) is 0 Å². The standard InChI is InChI=1S/C4H7N3O2/c1-2-3-4(8)5-6-7(3)9/h3H,2H2,1H3,(H-,5,6,8,9)/p+1. The molecule has 0 aromatic rings. The third-order valence-electron chi connectivity index (χ3n) is 1.26. The average Bonchev–Trinajstić information content (AvgIpc) is 2.12. The van der Waals surface area contributed by atoms with Crippen molar-refractivity contribution >= 4 is 5.91 Å². The van der Waals surface area contributed by atoms with Crippen molar-refractivity contribution in [2.24, 2.45) is 0 Å². The van der Waals surface area contributed by atoms with E-state index in [9.17, 15) is 9.70 Å². The second kappa shape index (κ2) is 2.00. The number of nitrogens with zero attached hydrogens (tertiary/aromatic N) is 1. The van der Waals surface area contributed by atoms with E-state index < -0.39 is 6.04 Å². The molecule has 1 unspecified atom stereocenters. The minimum atomic E-state index is -0.551. The molecule has 1 fully saturated rings. The highest BCUT2D eigenvalue weighted by atomic mass is 16.3. The van der Waals surface area contributed by atoms with Crippen LogP contribution in [0, 0.1) is 4.91 Å². The van der Waals surface area contributed by atoms with Gasteiger partial charge in [-0.25, -0.2) is 5.43 Å². The summed E-state index contributed by atoms with van der Waals surface area (Å²) in [5.41, 5.74) is 4.34. The molecule has 1 aliphatic heterocycles. The van der Waals surface area contributed by atoms with Crippen LogP contribution < -0.4 is 11.0 Å². The van der Waals surface area contributed by atoms with Crippen molar-refractivity contribution in [1.29, 1.82) is 0 Å². The minimum Gasteiger partial charge on any atom is -0.265 e. The van der Waals surface area contributed by atoms with Crippen LogP contribution in [0.3, 0.4) is 0 Å². The lowest BCUT2D eigenvalue weighted by atomic mass is 10.2. The van der Waals surface area contributed by atoms with Crippen LogP contribution in [0.2, 0.25) is 0 Å². The lowest BCUT2D eigenvalue weighted by Gasteiger charge is -1.85. The third kappa shape index (κ3) is 0.847. The van der Waals surface area contributed by atoms with Gasteiger partial charge in [-0.05, 0) is 0 Å². The van der Waals surface area contributed by atoms with Crippen molar-refractivity contribution in [3.05, 3.63) is 4.91 Å². The molecule has 0 aliphatic carbocycles. The van der Waals surface area contributed by atoms with Crippen molar-refractivity contribution in [1.82, 2.24) is 11.0 Å². The van der Waals surface area contributed by atoms with Crippen LogP contribution >= 0.6 is 0 Å². The maximum atomic E-state index is 10.6. The highest BCUT2D eigenvalue weighted by molar-refractivity contribution is 5.80. The summed E-state index contributed by atoms with van der Waals surface area (Å²) in [7, 11) is 0. The predicted octanol–water partition coefficient (Wildman–Crippen LogP) is -0.907. The fraction of sp³-hybridized carbons (Fsp3) is 0.750. The molecule has 50 valence electrons. The third-order valence-corrected chi connectivity index (χ3v) is 1.26. The zero-order valence-corrected chi connectivity index (χ0v) is 5.05. The van der Waals surface area contributed by atoms with Gasteiger partial charge in [0.25, 0.3) is 0 Å². The molecule has 2 N–H and O–H groups in total. The summed E-state index contributed by atoms with van der Waals surface area (Å²) >= 11 is 0. The van der Waals surface area contributed by atoms with Crippen LogP contribution in [-0.2, 0) is 4.79 Å². The first-order valence-electron chi connectivity index (χ1n) is 2.77. The van der Waals surface area contributed by atoms with E-state index in [0.29, 0.717) is 11.3 Å². The van der Waals surface area contributed by atoms with E-state index in [2.05, 4.69) is 11.0 Å². The van der Waals surface area contributed by atoms with E-state index in [1.165, 1.54) is 0 Å². The molecule has 0 spiro atoms. The Balaban J connectivity index is 2.66. The molecule has 0 radical (unpaired) electrons. The Morgan fingerprint density at radius 3 is 2.67 bits per heavy atom. The van der Waals surface area contributed by atoms with E-state index in [0.717, 1.165) is 0 Å². The summed E-state index contributed by atoms with van der Waals surface area (Å²) in [5, 5.41) is 0. The topological polar surface area (TPSA) is 61.2 Å². The molecule has 5 heteroatoms. The van der Waals surface area contributed by atoms with Crippen molar-refractivity contribution < 1.29 is 9.66 Å². The Bertz CT molecular complexity index is 140. The first kappa shape index (κ1) is 6.00. The monoisotopic (exact) mass is 130 g/mol. The highest BCUT2D eigenvalue weighted by Crippen LogP contribution is 1.97. The fourth-order valence-corrected chi connectivity index (χ4v) is 0.729. The second-order valence-corrected chi connectivity index (χ2v) is 1.85. The molecular formula is C4H8N3O2+. The molecule has 0 aromatic heterocycles. The van der Waals surface area contributed by atoms with Crippen LogP contribution in [0.25, 0.3) is 0 Å². The van der Waals surface area contributed by atoms with Gasteiger partial charge in [-0.3, -0.25) is 4.79 Å². The summed E-state index contributed by atoms with van der Waals surface area (Å²) < 4.78 is 0. The summed E-state index contributed by atoms with van der Waals surface area (Å²) in [6, 6.07) is -0.551. The lowest BCUT2D eigenvalue weighted by Crippen LogP contribution is -2.28. The van der Waals surface area contributed by atoms with Gasteiger partial charge < -0.3 is 0 Å². The first-order valence-corrected chi connectivity index (χ1v) is 2.77. The number of hydrazine groups is 2.